The van der Waals surface area contributed by atoms with Gasteiger partial charge < -0.3 is 9.84 Å². The van der Waals surface area contributed by atoms with Gasteiger partial charge in [0.15, 0.2) is 0 Å². The molecule has 0 atom stereocenters. The highest BCUT2D eigenvalue weighted by molar-refractivity contribution is 5.33. The first-order chi connectivity index (χ1) is 10.6. The van der Waals surface area contributed by atoms with Crippen molar-refractivity contribution in [2.24, 2.45) is 0 Å². The zero-order valence-corrected chi connectivity index (χ0v) is 13.8. The molecule has 1 heterocycles. The average molecular weight is 304 g/mol. The molecule has 0 amide bonds. The van der Waals surface area contributed by atoms with Crippen LogP contribution in [0.4, 0.5) is 0 Å². The maximum absolute atomic E-state index is 9.86. The number of morpholine rings is 1. The topological polar surface area (TPSA) is 35.9 Å². The smallest absolute Gasteiger partial charge is 0.115 e. The summed E-state index contributed by atoms with van der Waals surface area (Å²) in [5.41, 5.74) is 1.31. The summed E-state index contributed by atoms with van der Waals surface area (Å²) in [6, 6.07) is 8.51. The van der Waals surface area contributed by atoms with E-state index in [-0.39, 0.29) is 5.54 Å². The van der Waals surface area contributed by atoms with Crippen LogP contribution in [0.3, 0.4) is 0 Å². The Kier molecular flexibility index (Phi) is 4.71. The summed E-state index contributed by atoms with van der Waals surface area (Å²) in [5, 5.41) is 9.86. The first-order valence-corrected chi connectivity index (χ1v) is 8.40. The van der Waals surface area contributed by atoms with Crippen LogP contribution in [0.1, 0.15) is 31.2 Å². The molecule has 2 aliphatic rings. The minimum atomic E-state index is 0.0571. The van der Waals surface area contributed by atoms with Gasteiger partial charge in [-0.15, -0.1) is 0 Å². The summed E-state index contributed by atoms with van der Waals surface area (Å²) in [5.74, 6) is 0.369. The molecule has 1 aromatic rings. The molecule has 3 rings (SSSR count). The van der Waals surface area contributed by atoms with Crippen molar-refractivity contribution in [3.63, 3.8) is 0 Å². The van der Waals surface area contributed by atoms with Gasteiger partial charge in [-0.2, -0.15) is 0 Å². The van der Waals surface area contributed by atoms with Gasteiger partial charge in [0.05, 0.1) is 13.2 Å². The molecule has 0 radical (unpaired) electrons. The molecule has 1 aliphatic heterocycles. The van der Waals surface area contributed by atoms with Crippen LogP contribution in [0.25, 0.3) is 0 Å². The van der Waals surface area contributed by atoms with Crippen LogP contribution < -0.4 is 0 Å². The van der Waals surface area contributed by atoms with Crippen molar-refractivity contribution in [2.75, 3.05) is 40.4 Å². The van der Waals surface area contributed by atoms with Gasteiger partial charge >= 0.3 is 0 Å². The summed E-state index contributed by atoms with van der Waals surface area (Å²) >= 11 is 0. The first-order valence-electron chi connectivity index (χ1n) is 8.40. The molecule has 22 heavy (non-hydrogen) atoms. The number of nitrogens with zero attached hydrogens (tertiary/aromatic N) is 2. The number of rotatable bonds is 3. The van der Waals surface area contributed by atoms with Crippen LogP contribution in [0.15, 0.2) is 24.3 Å². The van der Waals surface area contributed by atoms with E-state index in [0.29, 0.717) is 11.8 Å². The van der Waals surface area contributed by atoms with E-state index in [2.05, 4.69) is 30.0 Å². The molecule has 122 valence electrons. The fraction of sp³-hybridized carbons (Fsp3) is 0.667. The fourth-order valence-corrected chi connectivity index (χ4v) is 4.18. The Labute approximate surface area is 133 Å². The van der Waals surface area contributed by atoms with Gasteiger partial charge in [-0.1, -0.05) is 12.1 Å². The lowest BCUT2D eigenvalue weighted by atomic mass is 9.73. The number of ether oxygens (including phenoxy) is 1. The minimum Gasteiger partial charge on any atom is -0.508 e. The largest absolute Gasteiger partial charge is 0.508 e. The molecule has 1 aliphatic carbocycles. The Morgan fingerprint density at radius 3 is 2.45 bits per heavy atom. The summed E-state index contributed by atoms with van der Waals surface area (Å²) in [4.78, 5) is 4.95. The second-order valence-corrected chi connectivity index (χ2v) is 6.86. The van der Waals surface area contributed by atoms with Crippen LogP contribution in [0.2, 0.25) is 0 Å². The Morgan fingerprint density at radius 2 is 1.86 bits per heavy atom. The molecule has 1 N–H and O–H groups in total. The number of phenolic OH excluding ortho intramolecular Hbond substituents is 1. The SMILES string of the molecule is CN(C)C1(c2cccc(O)c2)CCC(N2CCOCC2)CC1. The fourth-order valence-electron chi connectivity index (χ4n) is 4.18. The van der Waals surface area contributed by atoms with Crippen molar-refractivity contribution >= 4 is 0 Å². The standard InChI is InChI=1S/C18H28N2O2/c1-19(2)18(15-4-3-5-17(21)14-15)8-6-16(7-9-18)20-10-12-22-13-11-20/h3-5,14,16,21H,6-13H2,1-2H3. The third-order valence-electron chi connectivity index (χ3n) is 5.58. The highest BCUT2D eigenvalue weighted by Gasteiger charge is 2.40. The highest BCUT2D eigenvalue weighted by atomic mass is 16.5. The Balaban J connectivity index is 1.74. The minimum absolute atomic E-state index is 0.0571. The van der Waals surface area contributed by atoms with Crippen LogP contribution in [0, 0.1) is 0 Å². The zero-order valence-electron chi connectivity index (χ0n) is 13.8. The summed E-state index contributed by atoms with van der Waals surface area (Å²) in [7, 11) is 4.33. The quantitative estimate of drug-likeness (QED) is 0.930. The van der Waals surface area contributed by atoms with Crippen LogP contribution >= 0.6 is 0 Å². The number of hydrogen-bond donors (Lipinski definition) is 1. The van der Waals surface area contributed by atoms with Gasteiger partial charge in [0.2, 0.25) is 0 Å². The lowest BCUT2D eigenvalue weighted by molar-refractivity contribution is -0.0112. The Hall–Kier alpha value is -1.10. The molecule has 1 aromatic carbocycles. The van der Waals surface area contributed by atoms with Crippen molar-refractivity contribution in [1.82, 2.24) is 9.80 Å². The second kappa shape index (κ2) is 6.57. The summed E-state index contributed by atoms with van der Waals surface area (Å²) < 4.78 is 5.47. The van der Waals surface area contributed by atoms with Gasteiger partial charge in [-0.3, -0.25) is 9.80 Å². The predicted molar refractivity (Wildman–Crippen MR) is 88.1 cm³/mol. The van der Waals surface area contributed by atoms with E-state index in [4.69, 9.17) is 4.74 Å². The van der Waals surface area contributed by atoms with Crippen LogP contribution in [0.5, 0.6) is 5.75 Å². The number of aromatic hydroxyl groups is 1. The lowest BCUT2D eigenvalue weighted by Crippen LogP contribution is -2.51. The van der Waals surface area contributed by atoms with Gasteiger partial charge in [0.25, 0.3) is 0 Å². The van der Waals surface area contributed by atoms with Gasteiger partial charge in [-0.05, 0) is 57.5 Å². The second-order valence-electron chi connectivity index (χ2n) is 6.86. The van der Waals surface area contributed by atoms with Crippen molar-refractivity contribution in [2.45, 2.75) is 37.3 Å². The van der Waals surface area contributed by atoms with Crippen LogP contribution in [-0.2, 0) is 10.3 Å². The Morgan fingerprint density at radius 1 is 1.18 bits per heavy atom. The van der Waals surface area contributed by atoms with E-state index in [1.807, 2.05) is 12.1 Å². The molecule has 1 saturated carbocycles. The molecule has 0 aromatic heterocycles. The highest BCUT2D eigenvalue weighted by Crippen LogP contribution is 2.43. The van der Waals surface area contributed by atoms with E-state index in [1.54, 1.807) is 6.07 Å². The maximum atomic E-state index is 9.86. The van der Waals surface area contributed by atoms with Crippen molar-refractivity contribution in [3.05, 3.63) is 29.8 Å². The number of phenols is 1. The molecular formula is C18H28N2O2. The van der Waals surface area contributed by atoms with E-state index >= 15 is 0 Å². The monoisotopic (exact) mass is 304 g/mol. The van der Waals surface area contributed by atoms with Crippen LogP contribution in [-0.4, -0.2) is 61.3 Å². The predicted octanol–water partition coefficient (Wildman–Crippen LogP) is 2.42. The molecule has 4 nitrogen and oxygen atoms in total. The molecule has 0 unspecified atom stereocenters. The first kappa shape index (κ1) is 15.8. The number of benzene rings is 1. The third-order valence-corrected chi connectivity index (χ3v) is 5.58. The number of hydrogen-bond acceptors (Lipinski definition) is 4. The van der Waals surface area contributed by atoms with E-state index in [1.165, 1.54) is 18.4 Å². The Bertz CT molecular complexity index is 490. The van der Waals surface area contributed by atoms with Gasteiger partial charge in [0, 0.05) is 24.7 Å². The average Bonchev–Trinajstić information content (AvgIpc) is 2.55. The van der Waals surface area contributed by atoms with Gasteiger partial charge in [0.1, 0.15) is 5.75 Å². The summed E-state index contributed by atoms with van der Waals surface area (Å²) in [6.45, 7) is 3.90. The van der Waals surface area contributed by atoms with Crippen molar-refractivity contribution < 1.29 is 9.84 Å². The van der Waals surface area contributed by atoms with Gasteiger partial charge in [-0.25, -0.2) is 0 Å². The molecule has 2 fully saturated rings. The third kappa shape index (κ3) is 3.00. The maximum Gasteiger partial charge on any atom is 0.115 e. The molecule has 1 saturated heterocycles. The lowest BCUT2D eigenvalue weighted by Gasteiger charge is -2.48. The molecule has 4 heteroatoms. The van der Waals surface area contributed by atoms with E-state index in [0.717, 1.165) is 39.1 Å². The zero-order chi connectivity index (χ0) is 15.6. The molecule has 0 bridgehead atoms. The van der Waals surface area contributed by atoms with Crippen molar-refractivity contribution in [1.29, 1.82) is 0 Å². The molecular weight excluding hydrogens is 276 g/mol. The summed E-state index contributed by atoms with van der Waals surface area (Å²) in [6.07, 6.45) is 4.72. The van der Waals surface area contributed by atoms with E-state index in [9.17, 15) is 5.11 Å². The van der Waals surface area contributed by atoms with Crippen molar-refractivity contribution in [3.8, 4) is 5.75 Å². The van der Waals surface area contributed by atoms with E-state index < -0.39 is 0 Å². The normalized spacial score (nSPS) is 30.6. The molecule has 0 spiro atoms.